The molecule has 0 aromatic heterocycles. The van der Waals surface area contributed by atoms with Crippen molar-refractivity contribution in [1.29, 1.82) is 0 Å². The topological polar surface area (TPSA) is 15.6 Å². The molecule has 0 spiro atoms. The molecule has 124 valence electrons. The summed E-state index contributed by atoms with van der Waals surface area (Å²) in [4.78, 5) is 0. The number of hydrazone groups is 1. The number of para-hydroxylation sites is 2. The molecule has 0 saturated heterocycles. The van der Waals surface area contributed by atoms with Crippen LogP contribution in [0.2, 0.25) is 10.0 Å². The van der Waals surface area contributed by atoms with Crippen molar-refractivity contribution in [2.24, 2.45) is 5.10 Å². The van der Waals surface area contributed by atoms with Gasteiger partial charge in [-0.05, 0) is 53.8 Å². The van der Waals surface area contributed by atoms with Crippen LogP contribution in [0.15, 0.2) is 71.8 Å². The number of fused-ring (bicyclic) bond motifs is 2. The lowest BCUT2D eigenvalue weighted by atomic mass is 10.0. The third-order valence-corrected chi connectivity index (χ3v) is 5.11. The second kappa shape index (κ2) is 6.91. The van der Waals surface area contributed by atoms with Crippen molar-refractivity contribution in [2.45, 2.75) is 12.8 Å². The summed E-state index contributed by atoms with van der Waals surface area (Å²) in [5.74, 6) is 0. The largest absolute Gasteiger partial charge is 0.233 e. The van der Waals surface area contributed by atoms with Crippen LogP contribution < -0.4 is 5.01 Å². The molecule has 4 heteroatoms. The molecule has 1 heterocycles. The van der Waals surface area contributed by atoms with Crippen molar-refractivity contribution in [2.75, 3.05) is 5.01 Å². The van der Waals surface area contributed by atoms with Crippen molar-refractivity contribution >= 4 is 40.8 Å². The lowest BCUT2D eigenvalue weighted by Gasteiger charge is -2.21. The number of nitrogens with zero attached hydrogens (tertiary/aromatic N) is 2. The van der Waals surface area contributed by atoms with Crippen molar-refractivity contribution in [3.05, 3.63) is 93.5 Å². The predicted molar refractivity (Wildman–Crippen MR) is 106 cm³/mol. The van der Waals surface area contributed by atoms with Gasteiger partial charge in [0.25, 0.3) is 0 Å². The zero-order valence-corrected chi connectivity index (χ0v) is 15.0. The van der Waals surface area contributed by atoms with E-state index >= 15 is 0 Å². The second-order valence-corrected chi connectivity index (χ2v) is 6.80. The molecule has 0 fully saturated rings. The Balaban J connectivity index is 1.79. The molecule has 4 rings (SSSR count). The highest BCUT2D eigenvalue weighted by molar-refractivity contribution is 6.42. The lowest BCUT2D eigenvalue weighted by Crippen LogP contribution is -2.11. The minimum atomic E-state index is 0.530. The fourth-order valence-electron chi connectivity index (χ4n) is 3.10. The standard InChI is InChI=1S/C21H16Cl2N2/c22-18-12-9-15(13-19(18)23)14-24-25-20-7-3-1-5-16(20)10-11-17-6-2-4-8-21(17)25/h1-9,12-14H,10-11H2/b24-14+. The number of rotatable bonds is 2. The molecule has 1 aliphatic heterocycles. The molecule has 0 radical (unpaired) electrons. The smallest absolute Gasteiger partial charge is 0.0684 e. The van der Waals surface area contributed by atoms with E-state index in [-0.39, 0.29) is 0 Å². The SMILES string of the molecule is Clc1ccc(/C=N/N2c3ccccc3CCc3ccccc32)cc1Cl. The highest BCUT2D eigenvalue weighted by atomic mass is 35.5. The van der Waals surface area contributed by atoms with E-state index in [4.69, 9.17) is 28.3 Å². The fourth-order valence-corrected chi connectivity index (χ4v) is 3.40. The van der Waals surface area contributed by atoms with E-state index in [9.17, 15) is 0 Å². The number of anilines is 2. The Morgan fingerprint density at radius 2 is 1.36 bits per heavy atom. The van der Waals surface area contributed by atoms with Crippen molar-refractivity contribution < 1.29 is 0 Å². The Bertz CT molecular complexity index is 903. The second-order valence-electron chi connectivity index (χ2n) is 5.99. The first-order valence-corrected chi connectivity index (χ1v) is 8.93. The molecular weight excluding hydrogens is 351 g/mol. The van der Waals surface area contributed by atoms with Crippen LogP contribution in [0.3, 0.4) is 0 Å². The van der Waals surface area contributed by atoms with E-state index in [0.29, 0.717) is 10.0 Å². The molecule has 0 unspecified atom stereocenters. The Morgan fingerprint density at radius 3 is 1.96 bits per heavy atom. The van der Waals surface area contributed by atoms with Gasteiger partial charge in [-0.1, -0.05) is 65.7 Å². The van der Waals surface area contributed by atoms with Gasteiger partial charge in [0.15, 0.2) is 0 Å². The molecule has 0 atom stereocenters. The van der Waals surface area contributed by atoms with Crippen LogP contribution >= 0.6 is 23.2 Å². The van der Waals surface area contributed by atoms with E-state index in [0.717, 1.165) is 29.8 Å². The predicted octanol–water partition coefficient (Wildman–Crippen LogP) is 6.26. The zero-order chi connectivity index (χ0) is 17.2. The summed E-state index contributed by atoms with van der Waals surface area (Å²) < 4.78 is 0. The van der Waals surface area contributed by atoms with Gasteiger partial charge in [0.2, 0.25) is 0 Å². The number of hydrogen-bond donors (Lipinski definition) is 0. The fraction of sp³-hybridized carbons (Fsp3) is 0.0952. The Kier molecular flexibility index (Phi) is 4.48. The summed E-state index contributed by atoms with van der Waals surface area (Å²) in [6.45, 7) is 0. The highest BCUT2D eigenvalue weighted by Gasteiger charge is 2.19. The van der Waals surface area contributed by atoms with Crippen LogP contribution in [-0.4, -0.2) is 6.21 Å². The molecule has 2 nitrogen and oxygen atoms in total. The Labute approximate surface area is 157 Å². The molecule has 3 aromatic carbocycles. The zero-order valence-electron chi connectivity index (χ0n) is 13.5. The molecule has 0 saturated carbocycles. The van der Waals surface area contributed by atoms with Gasteiger partial charge in [0.1, 0.15) is 0 Å². The van der Waals surface area contributed by atoms with Gasteiger partial charge in [-0.2, -0.15) is 5.10 Å². The number of halogens is 2. The Hall–Kier alpha value is -2.29. The third kappa shape index (κ3) is 3.28. The van der Waals surface area contributed by atoms with E-state index in [1.807, 2.05) is 23.4 Å². The summed E-state index contributed by atoms with van der Waals surface area (Å²) in [5, 5.41) is 7.86. The monoisotopic (exact) mass is 366 g/mol. The lowest BCUT2D eigenvalue weighted by molar-refractivity contribution is 0.977. The Morgan fingerprint density at radius 1 is 0.760 bits per heavy atom. The molecule has 0 bridgehead atoms. The summed E-state index contributed by atoms with van der Waals surface area (Å²) in [6, 6.07) is 22.3. The molecule has 1 aliphatic rings. The van der Waals surface area contributed by atoms with Gasteiger partial charge in [0.05, 0.1) is 27.6 Å². The van der Waals surface area contributed by atoms with E-state index in [2.05, 4.69) is 48.5 Å². The van der Waals surface area contributed by atoms with Crippen molar-refractivity contribution in [3.63, 3.8) is 0 Å². The van der Waals surface area contributed by atoms with Gasteiger partial charge in [-0.15, -0.1) is 0 Å². The maximum atomic E-state index is 6.12. The summed E-state index contributed by atoms with van der Waals surface area (Å²) in [7, 11) is 0. The first-order chi connectivity index (χ1) is 12.2. The number of aryl methyl sites for hydroxylation is 2. The summed E-state index contributed by atoms with van der Waals surface area (Å²) in [5.41, 5.74) is 5.73. The van der Waals surface area contributed by atoms with E-state index < -0.39 is 0 Å². The van der Waals surface area contributed by atoms with Crippen LogP contribution in [0.5, 0.6) is 0 Å². The summed E-state index contributed by atoms with van der Waals surface area (Å²) >= 11 is 12.1. The van der Waals surface area contributed by atoms with Gasteiger partial charge >= 0.3 is 0 Å². The van der Waals surface area contributed by atoms with Crippen molar-refractivity contribution in [1.82, 2.24) is 0 Å². The van der Waals surface area contributed by atoms with E-state index in [1.165, 1.54) is 11.1 Å². The van der Waals surface area contributed by atoms with Crippen molar-refractivity contribution in [3.8, 4) is 0 Å². The van der Waals surface area contributed by atoms with Crippen LogP contribution in [0.1, 0.15) is 16.7 Å². The minimum absolute atomic E-state index is 0.530. The van der Waals surface area contributed by atoms with Gasteiger partial charge in [-0.3, -0.25) is 0 Å². The third-order valence-electron chi connectivity index (χ3n) is 4.37. The molecular formula is C21H16Cl2N2. The number of benzene rings is 3. The van der Waals surface area contributed by atoms with Gasteiger partial charge < -0.3 is 0 Å². The van der Waals surface area contributed by atoms with Crippen LogP contribution in [0, 0.1) is 0 Å². The molecule has 0 aliphatic carbocycles. The van der Waals surface area contributed by atoms with Crippen LogP contribution in [0.25, 0.3) is 0 Å². The average molecular weight is 367 g/mol. The molecule has 0 amide bonds. The molecule has 3 aromatic rings. The maximum absolute atomic E-state index is 6.12. The van der Waals surface area contributed by atoms with E-state index in [1.54, 1.807) is 6.07 Å². The quantitative estimate of drug-likeness (QED) is 0.488. The van der Waals surface area contributed by atoms with Crippen LogP contribution in [-0.2, 0) is 12.8 Å². The average Bonchev–Trinajstić information content (AvgIpc) is 2.80. The minimum Gasteiger partial charge on any atom is -0.233 e. The van der Waals surface area contributed by atoms with Crippen LogP contribution in [0.4, 0.5) is 11.4 Å². The molecule has 25 heavy (non-hydrogen) atoms. The first-order valence-electron chi connectivity index (χ1n) is 8.17. The van der Waals surface area contributed by atoms with Gasteiger partial charge in [0, 0.05) is 0 Å². The first kappa shape index (κ1) is 16.2. The summed E-state index contributed by atoms with van der Waals surface area (Å²) in [6.07, 6.45) is 3.83. The maximum Gasteiger partial charge on any atom is 0.0684 e. The highest BCUT2D eigenvalue weighted by Crippen LogP contribution is 2.36. The number of hydrogen-bond acceptors (Lipinski definition) is 2. The normalized spacial score (nSPS) is 13.4. The van der Waals surface area contributed by atoms with Gasteiger partial charge in [-0.25, -0.2) is 5.01 Å². The molecule has 0 N–H and O–H groups in total.